The van der Waals surface area contributed by atoms with Crippen LogP contribution in [0, 0.1) is 5.41 Å². The van der Waals surface area contributed by atoms with Crippen LogP contribution in [-0.4, -0.2) is 42.7 Å². The summed E-state index contributed by atoms with van der Waals surface area (Å²) in [7, 11) is -2.62. The maximum Gasteiger partial charge on any atom is 0.204 e. The Morgan fingerprint density at radius 2 is 1.78 bits per heavy atom. The van der Waals surface area contributed by atoms with E-state index in [1.807, 2.05) is 42.5 Å². The molecule has 0 spiro atoms. The highest BCUT2D eigenvalue weighted by molar-refractivity contribution is 8.03. The largest absolute Gasteiger partial charge is 0.362 e. The van der Waals surface area contributed by atoms with Crippen molar-refractivity contribution in [2.75, 3.05) is 12.5 Å². The number of hydrogen-bond acceptors (Lipinski definition) is 4. The maximum atomic E-state index is 14.3. The summed E-state index contributed by atoms with van der Waals surface area (Å²) >= 11 is 0. The average molecular weight is 457 g/mol. The molecule has 0 N–H and O–H groups in total. The zero-order chi connectivity index (χ0) is 23.4. The molecule has 1 aliphatic rings. The molecule has 3 rings (SSSR count). The second kappa shape index (κ2) is 9.75. The van der Waals surface area contributed by atoms with Gasteiger partial charge in [0.25, 0.3) is 0 Å². The summed E-state index contributed by atoms with van der Waals surface area (Å²) in [5.74, 6) is -0.158. The van der Waals surface area contributed by atoms with E-state index >= 15 is 0 Å². The molecule has 5 nitrogen and oxygen atoms in total. The second-order valence-electron chi connectivity index (χ2n) is 10.1. The molecule has 1 aliphatic carbocycles. The third-order valence-electron chi connectivity index (χ3n) is 5.68. The Morgan fingerprint density at radius 3 is 2.31 bits per heavy atom. The van der Waals surface area contributed by atoms with Crippen LogP contribution in [0.3, 0.4) is 0 Å². The van der Waals surface area contributed by atoms with Crippen LogP contribution in [0.1, 0.15) is 58.4 Å². The summed E-state index contributed by atoms with van der Waals surface area (Å²) in [6.07, 6.45) is 13.0. The van der Waals surface area contributed by atoms with Gasteiger partial charge in [0.05, 0.1) is 17.2 Å². The smallest absolute Gasteiger partial charge is 0.204 e. The van der Waals surface area contributed by atoms with E-state index in [9.17, 15) is 9.00 Å². The minimum atomic E-state index is -2.62. The number of rotatable bonds is 7. The van der Waals surface area contributed by atoms with E-state index in [2.05, 4.69) is 25.9 Å². The van der Waals surface area contributed by atoms with Crippen molar-refractivity contribution in [3.8, 4) is 0 Å². The molecule has 2 aromatic rings. The molecule has 1 aromatic carbocycles. The number of allylic oxidation sites excluding steroid dienone is 2. The fourth-order valence-electron chi connectivity index (χ4n) is 4.21. The Balaban J connectivity index is 2.10. The first-order valence-corrected chi connectivity index (χ1v) is 13.7. The fraction of sp³-hybridized carbons (Fsp3) is 0.500. The Labute approximate surface area is 192 Å². The molecular formula is C26H36N2O3S. The molecule has 32 heavy (non-hydrogen) atoms. The third-order valence-corrected chi connectivity index (χ3v) is 7.06. The molecule has 1 saturated carbocycles. The quantitative estimate of drug-likeness (QED) is 0.436. The Kier molecular flexibility index (Phi) is 7.46. The summed E-state index contributed by atoms with van der Waals surface area (Å²) in [5, 5.41) is 4.39. The van der Waals surface area contributed by atoms with Crippen LogP contribution in [0.5, 0.6) is 0 Å². The Hall–Kier alpha value is -2.18. The van der Waals surface area contributed by atoms with Crippen LogP contribution in [0.4, 0.5) is 0 Å². The maximum absolute atomic E-state index is 14.3. The Morgan fingerprint density at radius 1 is 1.12 bits per heavy atom. The van der Waals surface area contributed by atoms with E-state index in [1.165, 1.54) is 0 Å². The zero-order valence-corrected chi connectivity index (χ0v) is 20.8. The molecule has 174 valence electrons. The molecule has 0 bridgehead atoms. The normalized spacial score (nSPS) is 17.2. The highest BCUT2D eigenvalue weighted by Gasteiger charge is 2.44. The lowest BCUT2D eigenvalue weighted by atomic mass is 9.79. The van der Waals surface area contributed by atoms with E-state index < -0.39 is 15.1 Å². The van der Waals surface area contributed by atoms with Gasteiger partial charge in [-0.3, -0.25) is 9.00 Å². The number of hydrogen-bond donors (Lipinski definition) is 0. The highest BCUT2D eigenvalue weighted by Crippen LogP contribution is 2.36. The van der Waals surface area contributed by atoms with Gasteiger partial charge in [0.2, 0.25) is 5.78 Å². The molecule has 6 heteroatoms. The van der Waals surface area contributed by atoms with Crippen LogP contribution >= 0.6 is 0 Å². The molecule has 0 aliphatic heterocycles. The summed E-state index contributed by atoms with van der Waals surface area (Å²) in [6.45, 7) is 6.55. The van der Waals surface area contributed by atoms with E-state index in [4.69, 9.17) is 4.74 Å². The summed E-state index contributed by atoms with van der Waals surface area (Å²) in [4.78, 5) is 14.6. The van der Waals surface area contributed by atoms with Gasteiger partial charge in [0.15, 0.2) is 0 Å². The van der Waals surface area contributed by atoms with Gasteiger partial charge in [-0.25, -0.2) is 4.68 Å². The molecule has 0 atom stereocenters. The average Bonchev–Trinajstić information content (AvgIpc) is 3.26. The van der Waals surface area contributed by atoms with Crippen molar-refractivity contribution in [2.45, 2.75) is 65.1 Å². The second-order valence-corrected chi connectivity index (χ2v) is 12.9. The first kappa shape index (κ1) is 24.5. The van der Waals surface area contributed by atoms with Crippen molar-refractivity contribution >= 4 is 25.9 Å². The SMILES string of the molecule is CC(C)(C)/C=C(\C(C(=O)C1(OCc2ccccc2)CCCCC1)=S(C)(C)=O)n1cccn1. The van der Waals surface area contributed by atoms with Gasteiger partial charge in [-0.05, 0) is 39.4 Å². The molecule has 0 unspecified atom stereocenters. The predicted molar refractivity (Wildman–Crippen MR) is 133 cm³/mol. The van der Waals surface area contributed by atoms with Crippen LogP contribution in [-0.2, 0) is 25.7 Å². The van der Waals surface area contributed by atoms with Crippen molar-refractivity contribution in [3.05, 3.63) is 60.4 Å². The Bertz CT molecular complexity index is 1060. The van der Waals surface area contributed by atoms with Gasteiger partial charge in [0, 0.05) is 24.9 Å². The third kappa shape index (κ3) is 5.99. The first-order chi connectivity index (χ1) is 15.0. The van der Waals surface area contributed by atoms with Crippen molar-refractivity contribution < 1.29 is 13.7 Å². The molecule has 1 fully saturated rings. The van der Waals surface area contributed by atoms with Crippen molar-refractivity contribution in [1.82, 2.24) is 9.78 Å². The van der Waals surface area contributed by atoms with Crippen molar-refractivity contribution in [1.29, 1.82) is 0 Å². The van der Waals surface area contributed by atoms with Crippen molar-refractivity contribution in [3.63, 3.8) is 0 Å². The van der Waals surface area contributed by atoms with Crippen LogP contribution in [0.15, 0.2) is 54.9 Å². The number of benzene rings is 1. The van der Waals surface area contributed by atoms with Crippen LogP contribution in [0.25, 0.3) is 5.70 Å². The number of Topliss-reactive ketones (excluding diaryl/α,β-unsaturated/α-hetero) is 1. The molecule has 1 aromatic heterocycles. The fourth-order valence-corrected chi connectivity index (χ4v) is 5.50. The van der Waals surface area contributed by atoms with Gasteiger partial charge >= 0.3 is 0 Å². The minimum absolute atomic E-state index is 0.158. The molecular weight excluding hydrogens is 420 g/mol. The number of ether oxygens (including phenoxy) is 1. The lowest BCUT2D eigenvalue weighted by molar-refractivity contribution is -0.144. The van der Waals surface area contributed by atoms with Gasteiger partial charge in [-0.2, -0.15) is 5.10 Å². The van der Waals surface area contributed by atoms with Gasteiger partial charge in [-0.15, -0.1) is 0 Å². The van der Waals surface area contributed by atoms with E-state index in [-0.39, 0.29) is 11.2 Å². The number of ketones is 1. The van der Waals surface area contributed by atoms with Gasteiger partial charge in [0.1, 0.15) is 5.60 Å². The van der Waals surface area contributed by atoms with Gasteiger partial charge < -0.3 is 4.74 Å². The van der Waals surface area contributed by atoms with E-state index in [0.29, 0.717) is 30.0 Å². The lowest BCUT2D eigenvalue weighted by Gasteiger charge is -2.37. The molecule has 0 amide bonds. The van der Waals surface area contributed by atoms with Crippen LogP contribution in [0.2, 0.25) is 0 Å². The minimum Gasteiger partial charge on any atom is -0.362 e. The topological polar surface area (TPSA) is 61.2 Å². The number of carbonyl (C=O) groups is 1. The number of carbonyl (C=O) groups excluding carboxylic acids is 1. The van der Waals surface area contributed by atoms with Crippen molar-refractivity contribution in [2.24, 2.45) is 5.41 Å². The predicted octanol–water partition coefficient (Wildman–Crippen LogP) is 4.98. The van der Waals surface area contributed by atoms with E-state index in [1.54, 1.807) is 29.6 Å². The first-order valence-electron chi connectivity index (χ1n) is 11.3. The summed E-state index contributed by atoms with van der Waals surface area (Å²) < 4.78 is 21.7. The highest BCUT2D eigenvalue weighted by atomic mass is 32.2. The summed E-state index contributed by atoms with van der Waals surface area (Å²) in [6, 6.07) is 11.7. The van der Waals surface area contributed by atoms with E-state index in [0.717, 1.165) is 24.8 Å². The molecule has 0 saturated heterocycles. The zero-order valence-electron chi connectivity index (χ0n) is 20.0. The molecule has 1 heterocycles. The number of aromatic nitrogens is 2. The monoisotopic (exact) mass is 456 g/mol. The lowest BCUT2D eigenvalue weighted by Crippen LogP contribution is -2.49. The van der Waals surface area contributed by atoms with Gasteiger partial charge in [-0.1, -0.05) is 76.4 Å². The summed E-state index contributed by atoms with van der Waals surface area (Å²) in [5.41, 5.74) is 0.415. The standard InChI is InChI=1S/C26H36N2O3S/c1-25(2,3)19-22(28-18-12-17-27-28)23(32(4,5)30)24(29)26(15-10-7-11-16-26)31-20-21-13-8-6-9-14-21/h6,8-9,12-14,17-19H,7,10-11,15-16,20H2,1-5H3/b22-19+. The molecule has 0 radical (unpaired) electrons. The van der Waals surface area contributed by atoms with Crippen LogP contribution < -0.4 is 0 Å². The number of nitrogens with zero attached hydrogens (tertiary/aromatic N) is 2.